The zero-order chi connectivity index (χ0) is 17.9. The molecule has 4 rings (SSSR count). The van der Waals surface area contributed by atoms with Crippen molar-refractivity contribution in [1.82, 2.24) is 0 Å². The van der Waals surface area contributed by atoms with Gasteiger partial charge in [0.2, 0.25) is 0 Å². The first-order valence-electron chi connectivity index (χ1n) is 8.93. The number of hydrogen-bond donors (Lipinski definition) is 0. The largest absolute Gasteiger partial charge is 0.382 e. The summed E-state index contributed by atoms with van der Waals surface area (Å²) in [5.41, 5.74) is 2.85. The van der Waals surface area contributed by atoms with E-state index in [0.29, 0.717) is 0 Å². The van der Waals surface area contributed by atoms with E-state index in [1.54, 1.807) is 0 Å². The van der Waals surface area contributed by atoms with Crippen LogP contribution in [-0.4, -0.2) is 8.32 Å². The van der Waals surface area contributed by atoms with Crippen molar-refractivity contribution >= 4 is 8.32 Å². The Morgan fingerprint density at radius 3 is 2.16 bits per heavy atom. The van der Waals surface area contributed by atoms with Crippen LogP contribution in [-0.2, 0) is 32.0 Å². The van der Waals surface area contributed by atoms with Gasteiger partial charge in [0.1, 0.15) is 0 Å². The van der Waals surface area contributed by atoms with Crippen molar-refractivity contribution in [2.45, 2.75) is 56.7 Å². The summed E-state index contributed by atoms with van der Waals surface area (Å²) < 4.78 is 6.93. The SMILES string of the molecule is CC(C)(C)[Si](C)(C)O[C@]12OO[C@@]1(c1ccccc1)Cc1ccccc12. The molecule has 0 saturated carbocycles. The molecule has 0 radical (unpaired) electrons. The molecule has 0 aromatic heterocycles. The molecular formula is C21H26O3Si. The molecule has 0 spiro atoms. The van der Waals surface area contributed by atoms with Crippen molar-refractivity contribution in [3.8, 4) is 0 Å². The first-order valence-corrected chi connectivity index (χ1v) is 11.8. The standard InChI is InChI=1S/C21H26O3Si/c1-19(2,3)25(4,5)24-21-18-14-10-9-11-16(18)15-20(21,22-23-21)17-12-7-6-8-13-17/h6-14H,15H2,1-5H3/t20-,21+/m1/s1. The van der Waals surface area contributed by atoms with Gasteiger partial charge in [-0.05, 0) is 29.3 Å². The molecule has 2 aromatic carbocycles. The molecule has 2 aromatic rings. The van der Waals surface area contributed by atoms with Crippen molar-refractivity contribution in [3.05, 3.63) is 71.3 Å². The van der Waals surface area contributed by atoms with Crippen LogP contribution in [0.4, 0.5) is 0 Å². The van der Waals surface area contributed by atoms with Gasteiger partial charge in [-0.2, -0.15) is 4.89 Å². The second-order valence-electron chi connectivity index (χ2n) is 8.67. The molecule has 132 valence electrons. The lowest BCUT2D eigenvalue weighted by atomic mass is 9.84. The zero-order valence-electron chi connectivity index (χ0n) is 15.6. The maximum absolute atomic E-state index is 6.93. The van der Waals surface area contributed by atoms with Gasteiger partial charge in [-0.3, -0.25) is 0 Å². The highest BCUT2D eigenvalue weighted by atomic mass is 28.4. The quantitative estimate of drug-likeness (QED) is 0.555. The fourth-order valence-corrected chi connectivity index (χ4v) is 4.94. The van der Waals surface area contributed by atoms with Gasteiger partial charge in [-0.15, -0.1) is 0 Å². The van der Waals surface area contributed by atoms with Crippen LogP contribution in [0, 0.1) is 0 Å². The minimum atomic E-state index is -2.09. The van der Waals surface area contributed by atoms with E-state index >= 15 is 0 Å². The zero-order valence-corrected chi connectivity index (χ0v) is 16.6. The molecule has 0 N–H and O–H groups in total. The van der Waals surface area contributed by atoms with Crippen LogP contribution in [0.1, 0.15) is 37.5 Å². The number of rotatable bonds is 3. The van der Waals surface area contributed by atoms with E-state index in [9.17, 15) is 0 Å². The first kappa shape index (κ1) is 17.0. The van der Waals surface area contributed by atoms with Crippen LogP contribution in [0.15, 0.2) is 54.6 Å². The van der Waals surface area contributed by atoms with Crippen molar-refractivity contribution < 1.29 is 14.2 Å². The van der Waals surface area contributed by atoms with Crippen LogP contribution in [0.2, 0.25) is 18.1 Å². The van der Waals surface area contributed by atoms with E-state index in [1.165, 1.54) is 5.56 Å². The summed E-state index contributed by atoms with van der Waals surface area (Å²) in [4.78, 5) is 11.7. The van der Waals surface area contributed by atoms with Gasteiger partial charge in [0.05, 0.1) is 0 Å². The molecule has 2 aliphatic rings. The van der Waals surface area contributed by atoms with Crippen molar-refractivity contribution in [2.75, 3.05) is 0 Å². The first-order chi connectivity index (χ1) is 11.7. The van der Waals surface area contributed by atoms with Crippen LogP contribution in [0.25, 0.3) is 0 Å². The highest BCUT2D eigenvalue weighted by Gasteiger charge is 2.73. The predicted molar refractivity (Wildman–Crippen MR) is 100 cm³/mol. The summed E-state index contributed by atoms with van der Waals surface area (Å²) >= 11 is 0. The molecule has 1 saturated heterocycles. The lowest BCUT2D eigenvalue weighted by Gasteiger charge is -2.56. The average molecular weight is 355 g/mol. The van der Waals surface area contributed by atoms with Gasteiger partial charge in [-0.25, -0.2) is 4.89 Å². The fraction of sp³-hybridized carbons (Fsp3) is 0.429. The Labute approximate surface area is 151 Å². The summed E-state index contributed by atoms with van der Waals surface area (Å²) in [7, 11) is -2.09. The van der Waals surface area contributed by atoms with Gasteiger partial charge in [0, 0.05) is 12.0 Å². The number of hydrogen-bond acceptors (Lipinski definition) is 3. The minimum Gasteiger partial charge on any atom is -0.382 e. The molecule has 4 heteroatoms. The Balaban J connectivity index is 1.87. The van der Waals surface area contributed by atoms with Crippen LogP contribution in [0.5, 0.6) is 0 Å². The highest BCUT2D eigenvalue weighted by Crippen LogP contribution is 2.64. The summed E-state index contributed by atoms with van der Waals surface area (Å²) in [5.74, 6) is -0.853. The van der Waals surface area contributed by atoms with E-state index in [4.69, 9.17) is 14.2 Å². The Hall–Kier alpha value is -1.46. The second-order valence-corrected chi connectivity index (χ2v) is 13.4. The van der Waals surface area contributed by atoms with Gasteiger partial charge in [-0.1, -0.05) is 75.4 Å². The average Bonchev–Trinajstić information content (AvgIpc) is 2.74. The van der Waals surface area contributed by atoms with Gasteiger partial charge < -0.3 is 4.43 Å². The second kappa shape index (κ2) is 5.27. The maximum Gasteiger partial charge on any atom is 0.256 e. The summed E-state index contributed by atoms with van der Waals surface area (Å²) in [6.45, 7) is 11.3. The summed E-state index contributed by atoms with van der Waals surface area (Å²) in [5, 5.41) is 0.0840. The van der Waals surface area contributed by atoms with Crippen LogP contribution < -0.4 is 0 Å². The van der Waals surface area contributed by atoms with Gasteiger partial charge in [0.15, 0.2) is 13.9 Å². The molecule has 1 aliphatic heterocycles. The van der Waals surface area contributed by atoms with E-state index in [1.807, 2.05) is 18.2 Å². The van der Waals surface area contributed by atoms with E-state index < -0.39 is 19.7 Å². The summed E-state index contributed by atoms with van der Waals surface area (Å²) in [6, 6.07) is 18.7. The number of benzene rings is 2. The van der Waals surface area contributed by atoms with Crippen molar-refractivity contribution in [1.29, 1.82) is 0 Å². The third-order valence-corrected chi connectivity index (χ3v) is 10.5. The van der Waals surface area contributed by atoms with Gasteiger partial charge in [0.25, 0.3) is 5.79 Å². The molecule has 1 fully saturated rings. The molecule has 0 bridgehead atoms. The van der Waals surface area contributed by atoms with E-state index in [2.05, 4.69) is 70.3 Å². The number of fused-ring (bicyclic) bond motifs is 3. The molecular weight excluding hydrogens is 328 g/mol. The monoisotopic (exact) mass is 354 g/mol. The molecule has 1 heterocycles. The minimum absolute atomic E-state index is 0.0840. The van der Waals surface area contributed by atoms with Crippen LogP contribution >= 0.6 is 0 Å². The maximum atomic E-state index is 6.93. The molecule has 0 unspecified atom stereocenters. The lowest BCUT2D eigenvalue weighted by molar-refractivity contribution is -0.613. The Bertz CT molecular complexity index is 796. The van der Waals surface area contributed by atoms with Gasteiger partial charge >= 0.3 is 0 Å². The highest BCUT2D eigenvalue weighted by molar-refractivity contribution is 6.74. The molecule has 1 aliphatic carbocycles. The van der Waals surface area contributed by atoms with Crippen LogP contribution in [0.3, 0.4) is 0 Å². The Kier molecular flexibility index (Phi) is 3.58. The summed E-state index contributed by atoms with van der Waals surface area (Å²) in [6.07, 6.45) is 0.766. The topological polar surface area (TPSA) is 27.7 Å². The fourth-order valence-electron chi connectivity index (χ4n) is 3.60. The predicted octanol–water partition coefficient (Wildman–Crippen LogP) is 5.27. The molecule has 2 atom stereocenters. The normalized spacial score (nSPS) is 28.2. The molecule has 3 nitrogen and oxygen atoms in total. The third-order valence-electron chi connectivity index (χ3n) is 6.09. The lowest BCUT2D eigenvalue weighted by Crippen LogP contribution is -2.65. The van der Waals surface area contributed by atoms with Crippen molar-refractivity contribution in [3.63, 3.8) is 0 Å². The molecule has 0 amide bonds. The Morgan fingerprint density at radius 2 is 1.56 bits per heavy atom. The third kappa shape index (κ3) is 2.21. The smallest absolute Gasteiger partial charge is 0.256 e. The Morgan fingerprint density at radius 1 is 0.920 bits per heavy atom. The van der Waals surface area contributed by atoms with E-state index in [0.717, 1.165) is 17.5 Å². The van der Waals surface area contributed by atoms with E-state index in [-0.39, 0.29) is 5.04 Å². The molecule has 25 heavy (non-hydrogen) atoms. The van der Waals surface area contributed by atoms with Crippen molar-refractivity contribution in [2.24, 2.45) is 0 Å².